The summed E-state index contributed by atoms with van der Waals surface area (Å²) < 4.78 is 18.8. The number of halogens is 1. The maximum atomic E-state index is 13.1. The molecule has 0 unspecified atom stereocenters. The van der Waals surface area contributed by atoms with Crippen molar-refractivity contribution in [2.75, 3.05) is 11.4 Å². The van der Waals surface area contributed by atoms with Crippen LogP contribution < -0.4 is 9.64 Å². The minimum absolute atomic E-state index is 0.181. The lowest BCUT2D eigenvalue weighted by atomic mass is 10.1. The Morgan fingerprint density at radius 1 is 0.909 bits per heavy atom. The van der Waals surface area contributed by atoms with Gasteiger partial charge in [-0.3, -0.25) is 9.59 Å². The molecule has 0 spiro atoms. The first-order valence-corrected chi connectivity index (χ1v) is 10.1. The second-order valence-corrected chi connectivity index (χ2v) is 7.15. The van der Waals surface area contributed by atoms with Crippen molar-refractivity contribution in [3.05, 3.63) is 103 Å². The first-order valence-electron chi connectivity index (χ1n) is 10.1. The van der Waals surface area contributed by atoms with Gasteiger partial charge in [-0.15, -0.1) is 0 Å². The summed E-state index contributed by atoms with van der Waals surface area (Å²) in [6, 6.07) is 25.2. The largest absolute Gasteiger partial charge is 0.480 e. The number of carbonyl (C=O) groups excluding carboxylic acids is 1. The highest BCUT2D eigenvalue weighted by atomic mass is 19.1. The van der Waals surface area contributed by atoms with E-state index in [0.717, 1.165) is 5.56 Å². The molecule has 0 aliphatic rings. The fourth-order valence-electron chi connectivity index (χ4n) is 3.30. The van der Waals surface area contributed by atoms with E-state index in [9.17, 15) is 19.1 Å². The number of aliphatic carboxylic acids is 1. The molecule has 6 nitrogen and oxygen atoms in total. The van der Waals surface area contributed by atoms with Crippen LogP contribution in [0.1, 0.15) is 10.5 Å². The number of hydrogen-bond acceptors (Lipinski definition) is 5. The quantitative estimate of drug-likeness (QED) is 0.352. The smallest absolute Gasteiger partial charge is 0.323 e. The van der Waals surface area contributed by atoms with Gasteiger partial charge in [-0.25, -0.2) is 9.37 Å². The number of para-hydroxylation sites is 1. The van der Waals surface area contributed by atoms with Crippen molar-refractivity contribution in [3.8, 4) is 22.6 Å². The Morgan fingerprint density at radius 2 is 1.55 bits per heavy atom. The summed E-state index contributed by atoms with van der Waals surface area (Å²) in [4.78, 5) is 28.9. The molecule has 3 aromatic carbocycles. The third-order valence-electron chi connectivity index (χ3n) is 4.83. The van der Waals surface area contributed by atoms with Crippen LogP contribution in [0.25, 0.3) is 11.1 Å². The lowest BCUT2D eigenvalue weighted by Crippen LogP contribution is -2.26. The summed E-state index contributed by atoms with van der Waals surface area (Å²) >= 11 is 0. The molecule has 0 fully saturated rings. The summed E-state index contributed by atoms with van der Waals surface area (Å²) in [5.41, 5.74) is 2.31. The van der Waals surface area contributed by atoms with Crippen molar-refractivity contribution in [1.82, 2.24) is 4.98 Å². The number of carboxylic acids is 1. The van der Waals surface area contributed by atoms with Crippen LogP contribution >= 0.6 is 0 Å². The zero-order valence-corrected chi connectivity index (χ0v) is 17.4. The molecular weight excluding hydrogens is 423 g/mol. The number of rotatable bonds is 8. The Hall–Kier alpha value is -4.52. The number of anilines is 2. The van der Waals surface area contributed by atoms with Gasteiger partial charge in [0.2, 0.25) is 0 Å². The van der Waals surface area contributed by atoms with Crippen LogP contribution in [-0.2, 0) is 4.79 Å². The topological polar surface area (TPSA) is 79.7 Å². The van der Waals surface area contributed by atoms with Gasteiger partial charge >= 0.3 is 5.97 Å². The average molecular weight is 442 g/mol. The normalized spacial score (nSPS) is 10.5. The van der Waals surface area contributed by atoms with Gasteiger partial charge in [0.15, 0.2) is 6.29 Å². The van der Waals surface area contributed by atoms with Gasteiger partial charge in [-0.05, 0) is 71.8 Å². The molecule has 164 valence electrons. The average Bonchev–Trinajstić information content (AvgIpc) is 2.84. The van der Waals surface area contributed by atoms with E-state index in [0.29, 0.717) is 34.9 Å². The van der Waals surface area contributed by atoms with Crippen LogP contribution in [0.4, 0.5) is 15.9 Å². The van der Waals surface area contributed by atoms with Crippen molar-refractivity contribution >= 4 is 23.8 Å². The standard InChI is InChI=1S/C26H19FN2O4/c27-20-8-12-24(13-9-20)33-23-10-6-18(7-11-23)19-14-21(17-30)28-25(15-19)29(16-26(31)32)22-4-2-1-3-5-22/h1-15,17H,16H2,(H,31,32). The van der Waals surface area contributed by atoms with E-state index < -0.39 is 5.97 Å². The van der Waals surface area contributed by atoms with Gasteiger partial charge in [0.25, 0.3) is 0 Å². The van der Waals surface area contributed by atoms with E-state index in [1.807, 2.05) is 18.2 Å². The van der Waals surface area contributed by atoms with Gasteiger partial charge in [0.05, 0.1) is 0 Å². The minimum Gasteiger partial charge on any atom is -0.480 e. The molecule has 0 saturated carbocycles. The number of hydrogen-bond donors (Lipinski definition) is 1. The Bertz CT molecular complexity index is 1260. The van der Waals surface area contributed by atoms with E-state index >= 15 is 0 Å². The highest BCUT2D eigenvalue weighted by molar-refractivity contribution is 5.82. The van der Waals surface area contributed by atoms with Crippen molar-refractivity contribution in [2.24, 2.45) is 0 Å². The Kier molecular flexibility index (Phi) is 6.40. The molecule has 0 aliphatic carbocycles. The molecular formula is C26H19FN2O4. The summed E-state index contributed by atoms with van der Waals surface area (Å²) in [6.45, 7) is -0.316. The number of ether oxygens (including phenoxy) is 1. The first-order chi connectivity index (χ1) is 16.0. The molecule has 1 heterocycles. The molecule has 33 heavy (non-hydrogen) atoms. The van der Waals surface area contributed by atoms with E-state index in [1.54, 1.807) is 48.5 Å². The highest BCUT2D eigenvalue weighted by Crippen LogP contribution is 2.30. The number of benzene rings is 3. The Balaban J connectivity index is 1.66. The van der Waals surface area contributed by atoms with Crippen LogP contribution in [0.5, 0.6) is 11.5 Å². The first kappa shape index (κ1) is 21.7. The Morgan fingerprint density at radius 3 is 2.15 bits per heavy atom. The van der Waals surface area contributed by atoms with E-state index in [4.69, 9.17) is 4.74 Å². The molecule has 0 atom stereocenters. The molecule has 4 rings (SSSR count). The zero-order valence-electron chi connectivity index (χ0n) is 17.4. The van der Waals surface area contributed by atoms with Crippen molar-refractivity contribution in [1.29, 1.82) is 0 Å². The number of aromatic nitrogens is 1. The zero-order chi connectivity index (χ0) is 23.2. The van der Waals surface area contributed by atoms with Crippen molar-refractivity contribution in [3.63, 3.8) is 0 Å². The highest BCUT2D eigenvalue weighted by Gasteiger charge is 2.16. The lowest BCUT2D eigenvalue weighted by Gasteiger charge is -2.23. The third-order valence-corrected chi connectivity index (χ3v) is 4.83. The number of nitrogens with zero attached hydrogens (tertiary/aromatic N) is 2. The molecule has 0 aliphatic heterocycles. The molecule has 0 saturated heterocycles. The summed E-state index contributed by atoms with van der Waals surface area (Å²) in [7, 11) is 0. The van der Waals surface area contributed by atoms with Gasteiger partial charge < -0.3 is 14.7 Å². The third kappa shape index (κ3) is 5.40. The molecule has 0 bridgehead atoms. The van der Waals surface area contributed by atoms with Gasteiger partial charge in [0.1, 0.15) is 35.4 Å². The molecule has 0 radical (unpaired) electrons. The second kappa shape index (κ2) is 9.74. The molecule has 4 aromatic rings. The van der Waals surface area contributed by atoms with Gasteiger partial charge in [-0.2, -0.15) is 0 Å². The number of carbonyl (C=O) groups is 2. The molecule has 1 N–H and O–H groups in total. The van der Waals surface area contributed by atoms with Crippen LogP contribution in [0.15, 0.2) is 91.0 Å². The number of carboxylic acid groups (broad SMARTS) is 1. The predicted octanol–water partition coefficient (Wildman–Crippen LogP) is 5.72. The summed E-state index contributed by atoms with van der Waals surface area (Å²) in [5.74, 6) is 0.0401. The number of pyridine rings is 1. The maximum absolute atomic E-state index is 13.1. The van der Waals surface area contributed by atoms with Crippen LogP contribution in [0, 0.1) is 5.82 Å². The Labute approximate surface area is 189 Å². The minimum atomic E-state index is -1.03. The van der Waals surface area contributed by atoms with Crippen LogP contribution in [0.2, 0.25) is 0 Å². The van der Waals surface area contributed by atoms with Gasteiger partial charge in [-0.1, -0.05) is 30.3 Å². The summed E-state index contributed by atoms with van der Waals surface area (Å²) in [6.07, 6.45) is 0.628. The van der Waals surface area contributed by atoms with Crippen molar-refractivity contribution in [2.45, 2.75) is 0 Å². The monoisotopic (exact) mass is 442 g/mol. The van der Waals surface area contributed by atoms with E-state index in [2.05, 4.69) is 4.98 Å². The van der Waals surface area contributed by atoms with Crippen LogP contribution in [0.3, 0.4) is 0 Å². The fraction of sp³-hybridized carbons (Fsp3) is 0.0385. The summed E-state index contributed by atoms with van der Waals surface area (Å²) in [5, 5.41) is 9.41. The second-order valence-electron chi connectivity index (χ2n) is 7.15. The lowest BCUT2D eigenvalue weighted by molar-refractivity contribution is -0.135. The maximum Gasteiger partial charge on any atom is 0.323 e. The number of aldehydes is 1. The van der Waals surface area contributed by atoms with Crippen molar-refractivity contribution < 1.29 is 23.8 Å². The molecule has 1 aromatic heterocycles. The molecule has 0 amide bonds. The SMILES string of the molecule is O=Cc1cc(-c2ccc(Oc3ccc(F)cc3)cc2)cc(N(CC(=O)O)c2ccccc2)n1. The van der Waals surface area contributed by atoms with Crippen LogP contribution in [-0.4, -0.2) is 28.9 Å². The van der Waals surface area contributed by atoms with E-state index in [1.165, 1.54) is 29.2 Å². The van der Waals surface area contributed by atoms with E-state index in [-0.39, 0.29) is 18.1 Å². The molecule has 7 heteroatoms. The predicted molar refractivity (Wildman–Crippen MR) is 123 cm³/mol. The fourth-order valence-corrected chi connectivity index (χ4v) is 3.30. The van der Waals surface area contributed by atoms with Gasteiger partial charge in [0, 0.05) is 5.69 Å².